The van der Waals surface area contributed by atoms with Gasteiger partial charge in [-0.05, 0) is 11.4 Å². The number of nitrogens with one attached hydrogen (secondary N) is 1. The molecule has 0 amide bonds. The molecule has 0 aromatic carbocycles. The average molecular weight is 242 g/mol. The Balaban J connectivity index is 3.09. The molecular formula is C4H4BrNO2S2. The molecule has 0 fully saturated rings. The minimum absolute atomic E-state index is 0.310. The maximum absolute atomic E-state index is 10.9. The van der Waals surface area contributed by atoms with E-state index in [1.165, 1.54) is 17.4 Å². The molecule has 6 heteroatoms. The van der Waals surface area contributed by atoms with E-state index in [1.54, 1.807) is 11.4 Å². The van der Waals surface area contributed by atoms with E-state index in [0.717, 1.165) is 0 Å². The van der Waals surface area contributed by atoms with Gasteiger partial charge in [-0.2, -0.15) is 0 Å². The van der Waals surface area contributed by atoms with Crippen LogP contribution in [0.25, 0.3) is 0 Å². The van der Waals surface area contributed by atoms with Gasteiger partial charge in [0.05, 0.1) is 0 Å². The summed E-state index contributed by atoms with van der Waals surface area (Å²) < 4.78 is 24.2. The summed E-state index contributed by atoms with van der Waals surface area (Å²) in [6, 6.07) is 3.22. The zero-order chi connectivity index (χ0) is 7.61. The second kappa shape index (κ2) is 3.00. The fourth-order valence-corrected chi connectivity index (χ4v) is 2.88. The second-order valence-electron chi connectivity index (χ2n) is 1.51. The van der Waals surface area contributed by atoms with Crippen LogP contribution in [0, 0.1) is 0 Å². The molecule has 3 nitrogen and oxygen atoms in total. The highest BCUT2D eigenvalue weighted by atomic mass is 79.9. The topological polar surface area (TPSA) is 46.2 Å². The minimum Gasteiger partial charge on any atom is -0.205 e. The lowest BCUT2D eigenvalue weighted by atomic mass is 10.7. The number of hydrogen-bond donors (Lipinski definition) is 1. The molecule has 1 rings (SSSR count). The number of hydrogen-bond acceptors (Lipinski definition) is 3. The summed E-state index contributed by atoms with van der Waals surface area (Å²) in [5, 5.41) is 1.71. The van der Waals surface area contributed by atoms with Gasteiger partial charge < -0.3 is 0 Å². The van der Waals surface area contributed by atoms with Gasteiger partial charge in [0.15, 0.2) is 0 Å². The lowest BCUT2D eigenvalue weighted by Crippen LogP contribution is -2.10. The number of sulfonamides is 1. The van der Waals surface area contributed by atoms with Gasteiger partial charge in [0.1, 0.15) is 4.21 Å². The summed E-state index contributed by atoms with van der Waals surface area (Å²) in [5.74, 6) is 0. The van der Waals surface area contributed by atoms with Crippen LogP contribution in [0.15, 0.2) is 21.7 Å². The molecule has 1 aromatic heterocycles. The summed E-state index contributed by atoms with van der Waals surface area (Å²) in [6.45, 7) is 0. The molecule has 56 valence electrons. The van der Waals surface area contributed by atoms with Crippen LogP contribution in [0.5, 0.6) is 0 Å². The van der Waals surface area contributed by atoms with Crippen molar-refractivity contribution in [3.8, 4) is 0 Å². The van der Waals surface area contributed by atoms with Crippen LogP contribution in [0.4, 0.5) is 0 Å². The Bertz CT molecular complexity index is 291. The molecule has 0 saturated heterocycles. The number of halogens is 1. The van der Waals surface area contributed by atoms with Crippen molar-refractivity contribution in [2.45, 2.75) is 4.21 Å². The average Bonchev–Trinajstić information content (AvgIpc) is 2.38. The molecular weight excluding hydrogens is 238 g/mol. The molecule has 0 aliphatic carbocycles. The third-order valence-corrected chi connectivity index (χ3v) is 4.62. The first-order valence-electron chi connectivity index (χ1n) is 2.33. The zero-order valence-electron chi connectivity index (χ0n) is 4.74. The Hall–Kier alpha value is 0.0900. The molecule has 0 spiro atoms. The monoisotopic (exact) mass is 241 g/mol. The first kappa shape index (κ1) is 8.19. The van der Waals surface area contributed by atoms with Crippen molar-refractivity contribution in [2.75, 3.05) is 0 Å². The third kappa shape index (κ3) is 1.57. The van der Waals surface area contributed by atoms with Gasteiger partial charge in [-0.3, -0.25) is 0 Å². The van der Waals surface area contributed by atoms with Gasteiger partial charge in [-0.25, -0.2) is 8.42 Å². The Morgan fingerprint density at radius 3 is 2.70 bits per heavy atom. The van der Waals surface area contributed by atoms with Crippen LogP contribution >= 0.6 is 27.5 Å². The van der Waals surface area contributed by atoms with E-state index in [9.17, 15) is 8.42 Å². The Labute approximate surface area is 71.5 Å². The van der Waals surface area contributed by atoms with Crippen LogP contribution in [0.3, 0.4) is 0 Å². The van der Waals surface area contributed by atoms with Crippen LogP contribution < -0.4 is 3.75 Å². The minimum atomic E-state index is -3.27. The highest BCUT2D eigenvalue weighted by molar-refractivity contribution is 9.09. The smallest absolute Gasteiger partial charge is 0.205 e. The molecule has 0 bridgehead atoms. The maximum atomic E-state index is 10.9. The van der Waals surface area contributed by atoms with Crippen molar-refractivity contribution in [2.24, 2.45) is 0 Å². The van der Waals surface area contributed by atoms with E-state index in [-0.39, 0.29) is 0 Å². The molecule has 0 aliphatic heterocycles. The summed E-state index contributed by atoms with van der Waals surface area (Å²) >= 11 is 3.83. The van der Waals surface area contributed by atoms with E-state index in [1.807, 2.05) is 3.75 Å². The van der Waals surface area contributed by atoms with Gasteiger partial charge >= 0.3 is 0 Å². The summed E-state index contributed by atoms with van der Waals surface area (Å²) in [6.07, 6.45) is 0. The molecule has 0 saturated carbocycles. The Morgan fingerprint density at radius 2 is 2.30 bits per heavy atom. The van der Waals surface area contributed by atoms with Crippen LogP contribution in [0.1, 0.15) is 0 Å². The van der Waals surface area contributed by atoms with Gasteiger partial charge in [0.25, 0.3) is 10.0 Å². The largest absolute Gasteiger partial charge is 0.259 e. The molecule has 1 aromatic rings. The van der Waals surface area contributed by atoms with Gasteiger partial charge in [-0.15, -0.1) is 15.1 Å². The molecule has 1 N–H and O–H groups in total. The molecule has 1 heterocycles. The quantitative estimate of drug-likeness (QED) is 0.795. The summed E-state index contributed by atoms with van der Waals surface area (Å²) in [4.78, 5) is 0. The van der Waals surface area contributed by atoms with Crippen molar-refractivity contribution < 1.29 is 8.42 Å². The van der Waals surface area contributed by atoms with Crippen molar-refractivity contribution in [3.05, 3.63) is 17.5 Å². The third-order valence-electron chi connectivity index (χ3n) is 0.861. The first-order valence-corrected chi connectivity index (χ1v) is 5.48. The summed E-state index contributed by atoms with van der Waals surface area (Å²) in [5.41, 5.74) is 0. The standard InChI is InChI=1S/C4H4BrNO2S2/c5-6-10(7,8)4-2-1-3-9-4/h1-3,6H. The second-order valence-corrected chi connectivity index (χ2v) is 5.29. The van der Waals surface area contributed by atoms with E-state index in [0.29, 0.717) is 4.21 Å². The van der Waals surface area contributed by atoms with Crippen LogP contribution in [0.2, 0.25) is 0 Å². The van der Waals surface area contributed by atoms with Crippen LogP contribution in [-0.4, -0.2) is 8.42 Å². The number of rotatable bonds is 2. The van der Waals surface area contributed by atoms with Crippen molar-refractivity contribution in [1.82, 2.24) is 3.75 Å². The predicted molar refractivity (Wildman–Crippen MR) is 43.6 cm³/mol. The fraction of sp³-hybridized carbons (Fsp3) is 0. The highest BCUT2D eigenvalue weighted by Gasteiger charge is 2.11. The summed E-state index contributed by atoms with van der Waals surface area (Å²) in [7, 11) is -3.27. The Morgan fingerprint density at radius 1 is 1.60 bits per heavy atom. The molecule has 0 radical (unpaired) electrons. The lowest BCUT2D eigenvalue weighted by Gasteiger charge is -1.92. The zero-order valence-corrected chi connectivity index (χ0v) is 7.96. The van der Waals surface area contributed by atoms with Gasteiger partial charge in [0, 0.05) is 16.1 Å². The molecule has 0 unspecified atom stereocenters. The van der Waals surface area contributed by atoms with E-state index >= 15 is 0 Å². The molecule has 0 aliphatic rings. The van der Waals surface area contributed by atoms with Gasteiger partial charge in [-0.1, -0.05) is 6.07 Å². The van der Waals surface area contributed by atoms with Crippen molar-refractivity contribution in [3.63, 3.8) is 0 Å². The molecule has 10 heavy (non-hydrogen) atoms. The van der Waals surface area contributed by atoms with Crippen molar-refractivity contribution in [1.29, 1.82) is 0 Å². The normalized spacial score (nSPS) is 11.7. The van der Waals surface area contributed by atoms with E-state index in [4.69, 9.17) is 0 Å². The first-order chi connectivity index (χ1) is 4.67. The van der Waals surface area contributed by atoms with Crippen LogP contribution in [-0.2, 0) is 10.0 Å². The Kier molecular flexibility index (Phi) is 2.45. The SMILES string of the molecule is O=S(=O)(NBr)c1cccs1. The van der Waals surface area contributed by atoms with Gasteiger partial charge in [0.2, 0.25) is 0 Å². The highest BCUT2D eigenvalue weighted by Crippen LogP contribution is 2.15. The fourth-order valence-electron chi connectivity index (χ4n) is 0.454. The van der Waals surface area contributed by atoms with Crippen molar-refractivity contribution >= 4 is 37.5 Å². The molecule has 0 atom stereocenters. The lowest BCUT2D eigenvalue weighted by molar-refractivity contribution is 0.597. The predicted octanol–water partition coefficient (Wildman–Crippen LogP) is 1.34. The number of thiophene rings is 1. The maximum Gasteiger partial charge on any atom is 0.259 e. The van der Waals surface area contributed by atoms with E-state index in [2.05, 4.69) is 16.1 Å². The van der Waals surface area contributed by atoms with E-state index < -0.39 is 10.0 Å².